The van der Waals surface area contributed by atoms with E-state index in [-0.39, 0.29) is 17.2 Å². The van der Waals surface area contributed by atoms with E-state index in [1.54, 1.807) is 24.4 Å². The van der Waals surface area contributed by atoms with Gasteiger partial charge in [-0.2, -0.15) is 0 Å². The number of ether oxygens (including phenoxy) is 1. The van der Waals surface area contributed by atoms with E-state index in [1.165, 1.54) is 31.4 Å². The number of non-ortho nitro benzene ring substituents is 1. The lowest BCUT2D eigenvalue weighted by Crippen LogP contribution is -2.44. The number of nitro benzene ring substituents is 1. The molecule has 190 valence electrons. The Kier molecular flexibility index (Phi) is 5.64. The lowest BCUT2D eigenvalue weighted by atomic mass is 9.83. The van der Waals surface area contributed by atoms with E-state index in [9.17, 15) is 24.5 Å². The second kappa shape index (κ2) is 8.91. The Hall–Kier alpha value is -4.31. The topological polar surface area (TPSA) is 110 Å². The molecule has 3 heterocycles. The number of methoxy groups -OCH3 is 1. The van der Waals surface area contributed by atoms with Crippen molar-refractivity contribution in [3.63, 3.8) is 0 Å². The van der Waals surface area contributed by atoms with Crippen molar-refractivity contribution in [2.45, 2.75) is 12.1 Å². The Morgan fingerprint density at radius 2 is 1.76 bits per heavy atom. The molecule has 4 atom stereocenters. The zero-order chi connectivity index (χ0) is 26.7. The number of hydrogen-bond donors (Lipinski definition) is 0. The highest BCUT2D eigenvalue weighted by molar-refractivity contribution is 9.10. The second-order valence-electron chi connectivity index (χ2n) is 9.34. The van der Waals surface area contributed by atoms with E-state index < -0.39 is 40.7 Å². The SMILES string of the molecule is COc1ccc(C(=O)[C@@H]2[C@@H]3C(=O)N(c4cccc([N+](=O)[O-])c4)C(=O)[C@H]3[C@@H]3c4ccccc4C=CN23)cc1Br. The molecule has 3 aromatic carbocycles. The average Bonchev–Trinajstić information content (AvgIpc) is 3.40. The number of ketones is 1. The van der Waals surface area contributed by atoms with Gasteiger partial charge in [-0.3, -0.25) is 24.5 Å². The molecule has 0 unspecified atom stereocenters. The van der Waals surface area contributed by atoms with E-state index in [2.05, 4.69) is 15.9 Å². The molecule has 0 aromatic heterocycles. The fourth-order valence-corrected chi connectivity index (χ4v) is 6.39. The van der Waals surface area contributed by atoms with Gasteiger partial charge in [0.15, 0.2) is 5.78 Å². The van der Waals surface area contributed by atoms with Crippen LogP contribution in [0.3, 0.4) is 0 Å². The van der Waals surface area contributed by atoms with Crippen molar-refractivity contribution in [2.24, 2.45) is 11.8 Å². The van der Waals surface area contributed by atoms with Crippen LogP contribution in [0.2, 0.25) is 0 Å². The molecule has 6 rings (SSSR count). The maximum Gasteiger partial charge on any atom is 0.271 e. The fraction of sp³-hybridized carbons (Fsp3) is 0.179. The molecule has 3 aliphatic rings. The molecular weight excluding hydrogens is 554 g/mol. The van der Waals surface area contributed by atoms with Gasteiger partial charge in [-0.25, -0.2) is 4.90 Å². The van der Waals surface area contributed by atoms with Gasteiger partial charge in [-0.1, -0.05) is 30.3 Å². The van der Waals surface area contributed by atoms with Gasteiger partial charge in [-0.15, -0.1) is 0 Å². The number of amides is 2. The first-order chi connectivity index (χ1) is 18.3. The fourth-order valence-electron chi connectivity index (χ4n) is 5.85. The molecule has 2 fully saturated rings. The van der Waals surface area contributed by atoms with Crippen molar-refractivity contribution in [1.82, 2.24) is 4.90 Å². The third-order valence-corrected chi connectivity index (χ3v) is 8.08. The summed E-state index contributed by atoms with van der Waals surface area (Å²) in [6.07, 6.45) is 3.66. The molecule has 0 bridgehead atoms. The molecule has 3 aromatic rings. The predicted octanol–water partition coefficient (Wildman–Crippen LogP) is 4.76. The number of Topliss-reactive ketones (excluding diaryl/α,β-unsaturated/α-hetero) is 1. The van der Waals surface area contributed by atoms with Gasteiger partial charge in [-0.05, 0) is 57.4 Å². The average molecular weight is 574 g/mol. The largest absolute Gasteiger partial charge is 0.496 e. The van der Waals surface area contributed by atoms with Crippen molar-refractivity contribution >= 4 is 51.0 Å². The summed E-state index contributed by atoms with van der Waals surface area (Å²) in [5.74, 6) is -2.60. The summed E-state index contributed by atoms with van der Waals surface area (Å²) < 4.78 is 5.87. The lowest BCUT2D eigenvalue weighted by Gasteiger charge is -2.35. The first-order valence-corrected chi connectivity index (χ1v) is 12.7. The number of fused-ring (bicyclic) bond motifs is 5. The Balaban J connectivity index is 1.48. The minimum Gasteiger partial charge on any atom is -0.496 e. The van der Waals surface area contributed by atoms with Crippen LogP contribution in [0, 0.1) is 22.0 Å². The third kappa shape index (κ3) is 3.47. The highest BCUT2D eigenvalue weighted by atomic mass is 79.9. The Labute approximate surface area is 225 Å². The van der Waals surface area contributed by atoms with Gasteiger partial charge in [0.25, 0.3) is 5.69 Å². The van der Waals surface area contributed by atoms with Crippen molar-refractivity contribution in [2.75, 3.05) is 12.0 Å². The zero-order valence-electron chi connectivity index (χ0n) is 20.0. The van der Waals surface area contributed by atoms with E-state index in [0.717, 1.165) is 16.0 Å². The number of nitro groups is 1. The van der Waals surface area contributed by atoms with Crippen LogP contribution in [0.15, 0.2) is 77.4 Å². The van der Waals surface area contributed by atoms with E-state index >= 15 is 0 Å². The zero-order valence-corrected chi connectivity index (χ0v) is 21.6. The molecule has 3 aliphatic heterocycles. The van der Waals surface area contributed by atoms with Crippen molar-refractivity contribution in [1.29, 1.82) is 0 Å². The summed E-state index contributed by atoms with van der Waals surface area (Å²) >= 11 is 3.42. The highest BCUT2D eigenvalue weighted by Crippen LogP contribution is 2.54. The van der Waals surface area contributed by atoms with Crippen molar-refractivity contribution in [3.8, 4) is 5.75 Å². The predicted molar refractivity (Wildman–Crippen MR) is 141 cm³/mol. The molecule has 0 aliphatic carbocycles. The number of carbonyl (C=O) groups is 3. The minimum absolute atomic E-state index is 0.119. The summed E-state index contributed by atoms with van der Waals surface area (Å²) in [6.45, 7) is 0. The smallest absolute Gasteiger partial charge is 0.271 e. The lowest BCUT2D eigenvalue weighted by molar-refractivity contribution is -0.384. The molecule has 2 amide bonds. The second-order valence-corrected chi connectivity index (χ2v) is 10.2. The summed E-state index contributed by atoms with van der Waals surface area (Å²) in [5, 5.41) is 11.4. The first-order valence-electron chi connectivity index (χ1n) is 11.9. The number of anilines is 1. The number of rotatable bonds is 5. The first kappa shape index (κ1) is 24.1. The molecule has 38 heavy (non-hydrogen) atoms. The number of benzene rings is 3. The third-order valence-electron chi connectivity index (χ3n) is 7.47. The summed E-state index contributed by atoms with van der Waals surface area (Å²) in [7, 11) is 1.52. The van der Waals surface area contributed by atoms with Crippen LogP contribution < -0.4 is 9.64 Å². The van der Waals surface area contributed by atoms with Crippen LogP contribution in [0.25, 0.3) is 6.08 Å². The molecule has 0 saturated carbocycles. The Bertz CT molecular complexity index is 1570. The number of nitrogens with zero attached hydrogens (tertiary/aromatic N) is 3. The standard InChI is InChI=1S/C28H20BrN3O6/c1-38-21-10-9-16(13-20(21)29)26(33)25-23-22(24-19-8-3-2-5-15(19)11-12-30(24)25)27(34)31(28(23)35)17-6-4-7-18(14-17)32(36)37/h2-14,22-25H,1H3/t22-,23-,24+,25+/m1/s1. The number of imide groups is 1. The van der Waals surface area contributed by atoms with Crippen LogP contribution in [-0.4, -0.2) is 40.6 Å². The summed E-state index contributed by atoms with van der Waals surface area (Å²) in [6, 6.07) is 16.5. The van der Waals surface area contributed by atoms with Crippen LogP contribution in [0.4, 0.5) is 11.4 Å². The maximum absolute atomic E-state index is 14.0. The van der Waals surface area contributed by atoms with Crippen molar-refractivity contribution in [3.05, 3.63) is 104 Å². The van der Waals surface area contributed by atoms with Crippen molar-refractivity contribution < 1.29 is 24.0 Å². The van der Waals surface area contributed by atoms with E-state index in [0.29, 0.717) is 15.8 Å². The quantitative estimate of drug-likeness (QED) is 0.187. The molecule has 0 radical (unpaired) electrons. The number of carbonyl (C=O) groups excluding carboxylic acids is 3. The maximum atomic E-state index is 14.0. The molecule has 0 spiro atoms. The monoisotopic (exact) mass is 573 g/mol. The van der Waals surface area contributed by atoms with Gasteiger partial charge in [0.05, 0.1) is 40.1 Å². The van der Waals surface area contributed by atoms with Gasteiger partial charge in [0, 0.05) is 23.9 Å². The van der Waals surface area contributed by atoms with Crippen LogP contribution in [-0.2, 0) is 9.59 Å². The molecular formula is C28H20BrN3O6. The van der Waals surface area contributed by atoms with E-state index in [1.807, 2.05) is 35.2 Å². The summed E-state index contributed by atoms with van der Waals surface area (Å²) in [5.41, 5.74) is 2.00. The molecule has 10 heteroatoms. The van der Waals surface area contributed by atoms with Crippen LogP contribution in [0.5, 0.6) is 5.75 Å². The van der Waals surface area contributed by atoms with Crippen LogP contribution >= 0.6 is 15.9 Å². The normalized spacial score (nSPS) is 23.2. The van der Waals surface area contributed by atoms with Gasteiger partial charge < -0.3 is 9.64 Å². The van der Waals surface area contributed by atoms with E-state index in [4.69, 9.17) is 4.74 Å². The Morgan fingerprint density at radius 3 is 2.50 bits per heavy atom. The van der Waals surface area contributed by atoms with Gasteiger partial charge in [0.2, 0.25) is 11.8 Å². The number of halogens is 1. The van der Waals surface area contributed by atoms with Gasteiger partial charge >= 0.3 is 0 Å². The molecule has 9 nitrogen and oxygen atoms in total. The molecule has 0 N–H and O–H groups in total. The van der Waals surface area contributed by atoms with Gasteiger partial charge in [0.1, 0.15) is 11.8 Å². The summed E-state index contributed by atoms with van der Waals surface area (Å²) in [4.78, 5) is 55.5. The molecule has 2 saturated heterocycles. The highest BCUT2D eigenvalue weighted by Gasteiger charge is 2.64. The number of hydrogen-bond acceptors (Lipinski definition) is 7. The van der Waals surface area contributed by atoms with Crippen LogP contribution in [0.1, 0.15) is 27.5 Å². The Morgan fingerprint density at radius 1 is 1.00 bits per heavy atom. The minimum atomic E-state index is -0.976.